The number of thiophene rings is 1. The van der Waals surface area contributed by atoms with Gasteiger partial charge >= 0.3 is 5.97 Å². The van der Waals surface area contributed by atoms with Gasteiger partial charge in [-0.1, -0.05) is 40.9 Å². The van der Waals surface area contributed by atoms with Crippen molar-refractivity contribution >= 4 is 74.6 Å². The van der Waals surface area contributed by atoms with Gasteiger partial charge in [-0.3, -0.25) is 9.59 Å². The molecule has 34 heavy (non-hydrogen) atoms. The Bertz CT molecular complexity index is 1230. The number of carbonyl (C=O) groups is 3. The minimum absolute atomic E-state index is 0.0917. The molecule has 0 saturated carbocycles. The van der Waals surface area contributed by atoms with E-state index in [1.165, 1.54) is 0 Å². The molecule has 0 radical (unpaired) electrons. The maximum absolute atomic E-state index is 13.0. The Morgan fingerprint density at radius 3 is 2.38 bits per heavy atom. The van der Waals surface area contributed by atoms with Crippen molar-refractivity contribution < 1.29 is 23.9 Å². The van der Waals surface area contributed by atoms with Gasteiger partial charge in [-0.15, -0.1) is 11.3 Å². The molecule has 11 heteroatoms. The third kappa shape index (κ3) is 6.21. The van der Waals surface area contributed by atoms with Crippen molar-refractivity contribution in [2.24, 2.45) is 0 Å². The highest BCUT2D eigenvalue weighted by atomic mass is 35.5. The lowest BCUT2D eigenvalue weighted by molar-refractivity contribution is -0.118. The monoisotopic (exact) mass is 540 g/mol. The van der Waals surface area contributed by atoms with Crippen molar-refractivity contribution in [3.63, 3.8) is 0 Å². The van der Waals surface area contributed by atoms with E-state index in [4.69, 9.17) is 44.3 Å². The molecule has 1 aromatic heterocycles. The van der Waals surface area contributed by atoms with E-state index in [2.05, 4.69) is 10.6 Å². The van der Waals surface area contributed by atoms with Gasteiger partial charge in [-0.2, -0.15) is 0 Å². The predicted molar refractivity (Wildman–Crippen MR) is 135 cm³/mol. The van der Waals surface area contributed by atoms with Gasteiger partial charge < -0.3 is 20.1 Å². The molecule has 2 N–H and O–H groups in total. The fraction of sp³-hybridized carbons (Fsp3) is 0.174. The van der Waals surface area contributed by atoms with E-state index in [0.29, 0.717) is 22.0 Å². The van der Waals surface area contributed by atoms with Crippen molar-refractivity contribution in [2.75, 3.05) is 23.8 Å². The van der Waals surface area contributed by atoms with E-state index in [-0.39, 0.29) is 38.7 Å². The van der Waals surface area contributed by atoms with E-state index in [1.54, 1.807) is 56.3 Å². The van der Waals surface area contributed by atoms with Crippen LogP contribution in [0.3, 0.4) is 0 Å². The predicted octanol–water partition coefficient (Wildman–Crippen LogP) is 6.46. The molecule has 7 nitrogen and oxygen atoms in total. The van der Waals surface area contributed by atoms with E-state index >= 15 is 0 Å². The normalized spacial score (nSPS) is 10.5. The van der Waals surface area contributed by atoms with Crippen LogP contribution in [0.2, 0.25) is 15.1 Å². The number of carbonyl (C=O) groups excluding carboxylic acids is 3. The molecule has 178 valence electrons. The molecule has 0 aliphatic heterocycles. The summed E-state index contributed by atoms with van der Waals surface area (Å²) in [6.07, 6.45) is 0. The first-order chi connectivity index (χ1) is 16.2. The van der Waals surface area contributed by atoms with Crippen molar-refractivity contribution in [3.8, 4) is 5.75 Å². The lowest BCUT2D eigenvalue weighted by Crippen LogP contribution is -2.21. The van der Waals surface area contributed by atoms with Gasteiger partial charge in [0.2, 0.25) is 0 Å². The van der Waals surface area contributed by atoms with Crippen LogP contribution in [0.4, 0.5) is 10.7 Å². The Morgan fingerprint density at radius 2 is 1.71 bits per heavy atom. The lowest BCUT2D eigenvalue weighted by Gasteiger charge is -2.08. The zero-order chi connectivity index (χ0) is 24.8. The molecule has 0 unspecified atom stereocenters. The lowest BCUT2D eigenvalue weighted by atomic mass is 10.1. The zero-order valence-electron chi connectivity index (χ0n) is 18.0. The highest BCUT2D eigenvalue weighted by molar-refractivity contribution is 7.19. The van der Waals surface area contributed by atoms with E-state index in [1.807, 2.05) is 0 Å². The molecule has 0 bridgehead atoms. The Labute approximate surface area is 214 Å². The molecule has 0 spiro atoms. The smallest absolute Gasteiger partial charge is 0.341 e. The van der Waals surface area contributed by atoms with Crippen molar-refractivity contribution in [3.05, 3.63) is 73.5 Å². The number of anilines is 2. The molecule has 2 aromatic carbocycles. The molecule has 2 amide bonds. The minimum Gasteiger partial charge on any atom is -0.484 e. The first kappa shape index (κ1) is 25.8. The van der Waals surface area contributed by atoms with Gasteiger partial charge in [0.05, 0.1) is 32.8 Å². The van der Waals surface area contributed by atoms with Gasteiger partial charge in [0.1, 0.15) is 10.8 Å². The first-order valence-corrected chi connectivity index (χ1v) is 11.9. The molecule has 1 heterocycles. The molecule has 0 aliphatic carbocycles. The fourth-order valence-electron chi connectivity index (χ4n) is 2.89. The van der Waals surface area contributed by atoms with Gasteiger partial charge in [-0.05, 0) is 55.8 Å². The van der Waals surface area contributed by atoms with Crippen LogP contribution in [0, 0.1) is 6.92 Å². The highest BCUT2D eigenvalue weighted by Crippen LogP contribution is 2.36. The largest absolute Gasteiger partial charge is 0.484 e. The number of hydrogen-bond donors (Lipinski definition) is 2. The second kappa shape index (κ2) is 11.6. The SMILES string of the molecule is CCOC(=O)c1c(NC(=O)COc2ccc(Cl)cc2)sc(C(=O)Nc2cccc(Cl)c2Cl)c1C. The number of ether oxygens (including phenoxy) is 2. The molecule has 3 aromatic rings. The Balaban J connectivity index is 1.82. The van der Waals surface area contributed by atoms with Gasteiger partial charge in [-0.25, -0.2) is 4.79 Å². The van der Waals surface area contributed by atoms with Gasteiger partial charge in [0.15, 0.2) is 6.61 Å². The second-order valence-electron chi connectivity index (χ2n) is 6.83. The average molecular weight is 542 g/mol. The Kier molecular flexibility index (Phi) is 8.79. The van der Waals surface area contributed by atoms with Gasteiger partial charge in [0.25, 0.3) is 11.8 Å². The van der Waals surface area contributed by atoms with Crippen molar-refractivity contribution in [2.45, 2.75) is 13.8 Å². The minimum atomic E-state index is -0.662. The van der Waals surface area contributed by atoms with Crippen LogP contribution < -0.4 is 15.4 Å². The topological polar surface area (TPSA) is 93.7 Å². The first-order valence-electron chi connectivity index (χ1n) is 9.95. The quantitative estimate of drug-likeness (QED) is 0.319. The number of nitrogens with one attached hydrogen (secondary N) is 2. The van der Waals surface area contributed by atoms with Crippen molar-refractivity contribution in [1.82, 2.24) is 0 Å². The summed E-state index contributed by atoms with van der Waals surface area (Å²) < 4.78 is 10.6. The Morgan fingerprint density at radius 1 is 1.00 bits per heavy atom. The zero-order valence-corrected chi connectivity index (χ0v) is 21.1. The maximum Gasteiger partial charge on any atom is 0.341 e. The van der Waals surface area contributed by atoms with Crippen molar-refractivity contribution in [1.29, 1.82) is 0 Å². The molecule has 3 rings (SSSR count). The summed E-state index contributed by atoms with van der Waals surface area (Å²) in [5.41, 5.74) is 0.758. The summed E-state index contributed by atoms with van der Waals surface area (Å²) >= 11 is 18.9. The number of esters is 1. The van der Waals surface area contributed by atoms with E-state index in [0.717, 1.165) is 11.3 Å². The van der Waals surface area contributed by atoms with Crippen LogP contribution in [0.15, 0.2) is 42.5 Å². The van der Waals surface area contributed by atoms with Gasteiger partial charge in [0, 0.05) is 5.02 Å². The number of hydrogen-bond acceptors (Lipinski definition) is 6. The summed E-state index contributed by atoms with van der Waals surface area (Å²) in [6, 6.07) is 11.3. The molecular formula is C23H19Cl3N2O5S. The second-order valence-corrected chi connectivity index (χ2v) is 9.07. The molecule has 0 fully saturated rings. The van der Waals surface area contributed by atoms with Crippen LogP contribution in [-0.2, 0) is 9.53 Å². The molecule has 0 aliphatic rings. The third-order valence-corrected chi connectivity index (χ3v) is 6.75. The summed E-state index contributed by atoms with van der Waals surface area (Å²) in [7, 11) is 0. The average Bonchev–Trinajstić information content (AvgIpc) is 3.12. The summed E-state index contributed by atoms with van der Waals surface area (Å²) in [5.74, 6) is -1.25. The maximum atomic E-state index is 13.0. The highest BCUT2D eigenvalue weighted by Gasteiger charge is 2.27. The van der Waals surface area contributed by atoms with Crippen LogP contribution in [-0.4, -0.2) is 31.0 Å². The Hall–Kier alpha value is -2.78. The summed E-state index contributed by atoms with van der Waals surface area (Å²) in [4.78, 5) is 38.3. The summed E-state index contributed by atoms with van der Waals surface area (Å²) in [5, 5.41) is 6.48. The molecule has 0 atom stereocenters. The standard InChI is InChI=1S/C23H19Cl3N2O5S/c1-3-32-23(31)18-12(2)20(21(30)27-16-6-4-5-15(25)19(16)26)34-22(18)28-17(29)11-33-14-9-7-13(24)8-10-14/h4-10H,3,11H2,1-2H3,(H,27,30)(H,28,29). The number of amides is 2. The van der Waals surface area contributed by atoms with E-state index in [9.17, 15) is 14.4 Å². The van der Waals surface area contributed by atoms with Crippen LogP contribution >= 0.6 is 46.1 Å². The number of benzene rings is 2. The molecule has 0 saturated heterocycles. The van der Waals surface area contributed by atoms with Crippen LogP contribution in [0.1, 0.15) is 32.5 Å². The fourth-order valence-corrected chi connectivity index (χ4v) is 4.47. The van der Waals surface area contributed by atoms with Crippen LogP contribution in [0.25, 0.3) is 0 Å². The number of halogens is 3. The molecular weight excluding hydrogens is 523 g/mol. The number of rotatable bonds is 8. The van der Waals surface area contributed by atoms with E-state index < -0.39 is 17.8 Å². The van der Waals surface area contributed by atoms with Crippen LogP contribution in [0.5, 0.6) is 5.75 Å². The third-order valence-electron chi connectivity index (χ3n) is 4.47. The summed E-state index contributed by atoms with van der Waals surface area (Å²) in [6.45, 7) is 3.06.